The first kappa shape index (κ1) is 11.2. The Balaban J connectivity index is 2.20. The van der Waals surface area contributed by atoms with E-state index in [2.05, 4.69) is 36.4 Å². The van der Waals surface area contributed by atoms with E-state index >= 15 is 0 Å². The van der Waals surface area contributed by atoms with Gasteiger partial charge >= 0.3 is 0 Å². The zero-order valence-corrected chi connectivity index (χ0v) is 10.5. The minimum absolute atomic E-state index is 0.0591. The Bertz CT molecular complexity index is 553. The Morgan fingerprint density at radius 1 is 1.00 bits per heavy atom. The summed E-state index contributed by atoms with van der Waals surface area (Å²) in [5.74, 6) is 0.255. The molecule has 0 saturated heterocycles. The summed E-state index contributed by atoms with van der Waals surface area (Å²) in [6, 6.07) is 16.7. The number of Topliss-reactive ketones (excluding diaryl/α,β-unsaturated/α-hetero) is 1. The summed E-state index contributed by atoms with van der Waals surface area (Å²) in [7, 11) is 0. The molecule has 0 fully saturated rings. The van der Waals surface area contributed by atoms with Crippen LogP contribution in [0.5, 0.6) is 0 Å². The first-order chi connectivity index (χ1) is 8.81. The second kappa shape index (κ2) is 4.41. The van der Waals surface area contributed by atoms with Gasteiger partial charge in [0.1, 0.15) is 5.78 Å². The van der Waals surface area contributed by atoms with Crippen LogP contribution in [0.2, 0.25) is 0 Å². The highest BCUT2D eigenvalue weighted by molar-refractivity contribution is 5.90. The third-order valence-electron chi connectivity index (χ3n) is 3.78. The zero-order chi connectivity index (χ0) is 12.5. The van der Waals surface area contributed by atoms with Crippen LogP contribution in [0.25, 0.3) is 0 Å². The number of hydrogen-bond donors (Lipinski definition) is 0. The van der Waals surface area contributed by atoms with Crippen LogP contribution in [0.1, 0.15) is 41.5 Å². The molecule has 0 spiro atoms. The molecule has 2 aromatic rings. The lowest BCUT2D eigenvalue weighted by Gasteiger charge is -2.27. The van der Waals surface area contributed by atoms with Gasteiger partial charge in [0, 0.05) is 6.42 Å². The van der Waals surface area contributed by atoms with E-state index in [0.717, 1.165) is 6.42 Å². The van der Waals surface area contributed by atoms with Gasteiger partial charge in [-0.2, -0.15) is 0 Å². The number of ketones is 1. The van der Waals surface area contributed by atoms with Crippen LogP contribution < -0.4 is 0 Å². The largest absolute Gasteiger partial charge is 0.299 e. The fraction of sp³-hybridized carbons (Fsp3) is 0.235. The Hall–Kier alpha value is -1.89. The molecule has 90 valence electrons. The van der Waals surface area contributed by atoms with Crippen molar-refractivity contribution in [3.8, 4) is 0 Å². The monoisotopic (exact) mass is 236 g/mol. The average Bonchev–Trinajstić information content (AvgIpc) is 2.44. The van der Waals surface area contributed by atoms with Gasteiger partial charge in [-0.1, -0.05) is 55.5 Å². The highest BCUT2D eigenvalue weighted by atomic mass is 16.1. The summed E-state index contributed by atoms with van der Waals surface area (Å²) in [6.45, 7) is 1.95. The molecular weight excluding hydrogens is 220 g/mol. The SMILES string of the molecule is CCC(=O)C1c2ccccc2Cc2ccccc21. The van der Waals surface area contributed by atoms with Crippen molar-refractivity contribution in [2.24, 2.45) is 0 Å². The third-order valence-corrected chi connectivity index (χ3v) is 3.78. The number of carbonyl (C=O) groups excluding carboxylic acids is 1. The van der Waals surface area contributed by atoms with E-state index in [1.807, 2.05) is 19.1 Å². The first-order valence-corrected chi connectivity index (χ1v) is 6.49. The lowest BCUT2D eigenvalue weighted by atomic mass is 9.76. The minimum Gasteiger partial charge on any atom is -0.299 e. The molecule has 0 radical (unpaired) electrons. The lowest BCUT2D eigenvalue weighted by molar-refractivity contribution is -0.119. The van der Waals surface area contributed by atoms with Gasteiger partial charge in [-0.05, 0) is 28.7 Å². The van der Waals surface area contributed by atoms with Gasteiger partial charge in [-0.25, -0.2) is 0 Å². The molecule has 3 rings (SSSR count). The van der Waals surface area contributed by atoms with Crippen molar-refractivity contribution in [2.45, 2.75) is 25.7 Å². The second-order valence-corrected chi connectivity index (χ2v) is 4.83. The van der Waals surface area contributed by atoms with Gasteiger partial charge < -0.3 is 0 Å². The molecular formula is C17H16O. The second-order valence-electron chi connectivity index (χ2n) is 4.83. The maximum atomic E-state index is 12.3. The van der Waals surface area contributed by atoms with Crippen LogP contribution in [-0.2, 0) is 11.2 Å². The summed E-state index contributed by atoms with van der Waals surface area (Å²) in [5.41, 5.74) is 4.98. The Kier molecular flexibility index (Phi) is 2.75. The molecule has 0 amide bonds. The summed E-state index contributed by atoms with van der Waals surface area (Å²) in [6.07, 6.45) is 1.53. The van der Waals surface area contributed by atoms with Gasteiger partial charge in [0.25, 0.3) is 0 Å². The molecule has 1 aliphatic rings. The molecule has 18 heavy (non-hydrogen) atoms. The lowest BCUT2D eigenvalue weighted by Crippen LogP contribution is -2.20. The number of hydrogen-bond acceptors (Lipinski definition) is 1. The van der Waals surface area contributed by atoms with Crippen molar-refractivity contribution in [2.75, 3.05) is 0 Å². The van der Waals surface area contributed by atoms with Crippen LogP contribution in [0.15, 0.2) is 48.5 Å². The van der Waals surface area contributed by atoms with Crippen molar-refractivity contribution in [1.82, 2.24) is 0 Å². The summed E-state index contributed by atoms with van der Waals surface area (Å²) < 4.78 is 0. The maximum absolute atomic E-state index is 12.3. The van der Waals surface area contributed by atoms with E-state index in [9.17, 15) is 4.79 Å². The molecule has 0 N–H and O–H groups in total. The van der Waals surface area contributed by atoms with E-state index < -0.39 is 0 Å². The summed E-state index contributed by atoms with van der Waals surface area (Å²) in [5, 5.41) is 0. The first-order valence-electron chi connectivity index (χ1n) is 6.49. The van der Waals surface area contributed by atoms with Gasteiger partial charge in [-0.15, -0.1) is 0 Å². The van der Waals surface area contributed by atoms with E-state index in [1.54, 1.807) is 0 Å². The van der Waals surface area contributed by atoms with Gasteiger partial charge in [0.15, 0.2) is 0 Å². The van der Waals surface area contributed by atoms with Gasteiger partial charge in [0.2, 0.25) is 0 Å². The normalized spacial score (nSPS) is 13.8. The standard InChI is InChI=1S/C17H16O/c1-2-16(18)17-14-9-5-3-7-12(14)11-13-8-4-6-10-15(13)17/h3-10,17H,2,11H2,1H3. The van der Waals surface area contributed by atoms with Crippen molar-refractivity contribution < 1.29 is 4.79 Å². The fourth-order valence-electron chi connectivity index (χ4n) is 2.88. The van der Waals surface area contributed by atoms with Crippen molar-refractivity contribution in [3.63, 3.8) is 0 Å². The average molecular weight is 236 g/mol. The summed E-state index contributed by atoms with van der Waals surface area (Å²) in [4.78, 5) is 12.3. The number of fused-ring (bicyclic) bond motifs is 2. The summed E-state index contributed by atoms with van der Waals surface area (Å²) >= 11 is 0. The molecule has 0 atom stereocenters. The number of rotatable bonds is 2. The fourth-order valence-corrected chi connectivity index (χ4v) is 2.88. The van der Waals surface area contributed by atoms with E-state index in [0.29, 0.717) is 12.2 Å². The van der Waals surface area contributed by atoms with E-state index in [-0.39, 0.29) is 5.92 Å². The van der Waals surface area contributed by atoms with Crippen molar-refractivity contribution in [3.05, 3.63) is 70.8 Å². The van der Waals surface area contributed by atoms with Crippen LogP contribution in [0.3, 0.4) is 0 Å². The predicted molar refractivity (Wildman–Crippen MR) is 72.8 cm³/mol. The minimum atomic E-state index is -0.0591. The predicted octanol–water partition coefficient (Wildman–Crippen LogP) is 3.70. The van der Waals surface area contributed by atoms with Crippen LogP contribution in [0.4, 0.5) is 0 Å². The molecule has 0 saturated carbocycles. The van der Waals surface area contributed by atoms with Crippen LogP contribution in [0, 0.1) is 0 Å². The van der Waals surface area contributed by atoms with Crippen molar-refractivity contribution >= 4 is 5.78 Å². The zero-order valence-electron chi connectivity index (χ0n) is 10.5. The number of benzene rings is 2. The molecule has 0 heterocycles. The molecule has 1 aliphatic carbocycles. The molecule has 1 heteroatoms. The molecule has 0 aromatic heterocycles. The molecule has 1 nitrogen and oxygen atoms in total. The topological polar surface area (TPSA) is 17.1 Å². The van der Waals surface area contributed by atoms with Crippen molar-refractivity contribution in [1.29, 1.82) is 0 Å². The third kappa shape index (κ3) is 1.67. The van der Waals surface area contributed by atoms with E-state index in [4.69, 9.17) is 0 Å². The van der Waals surface area contributed by atoms with Gasteiger partial charge in [-0.3, -0.25) is 4.79 Å². The Labute approximate surface area is 107 Å². The Morgan fingerprint density at radius 2 is 1.50 bits per heavy atom. The highest BCUT2D eigenvalue weighted by Gasteiger charge is 2.29. The molecule has 0 unspecified atom stereocenters. The van der Waals surface area contributed by atoms with Gasteiger partial charge in [0.05, 0.1) is 5.92 Å². The highest BCUT2D eigenvalue weighted by Crippen LogP contribution is 2.37. The quantitative estimate of drug-likeness (QED) is 0.777. The van der Waals surface area contributed by atoms with E-state index in [1.165, 1.54) is 22.3 Å². The molecule has 2 aromatic carbocycles. The number of carbonyl (C=O) groups is 1. The van der Waals surface area contributed by atoms with Crippen LogP contribution in [-0.4, -0.2) is 5.78 Å². The smallest absolute Gasteiger partial charge is 0.144 e. The van der Waals surface area contributed by atoms with Crippen LogP contribution >= 0.6 is 0 Å². The molecule has 0 bridgehead atoms. The molecule has 0 aliphatic heterocycles. The maximum Gasteiger partial charge on any atom is 0.144 e. The Morgan fingerprint density at radius 3 is 2.00 bits per heavy atom.